The van der Waals surface area contributed by atoms with Crippen LogP contribution in [0, 0.1) is 0 Å². The minimum atomic E-state index is 0.0139. The third kappa shape index (κ3) is 7.65. The maximum atomic E-state index is 10.8. The monoisotopic (exact) mass is 254 g/mol. The summed E-state index contributed by atoms with van der Waals surface area (Å²) in [5, 5.41) is 0. The minimum absolute atomic E-state index is 0.0139. The second-order valence-corrected chi connectivity index (χ2v) is 3.43. The quantitative estimate of drug-likeness (QED) is 0.681. The molecule has 0 atom stereocenters. The van der Waals surface area contributed by atoms with Crippen molar-refractivity contribution in [1.29, 1.82) is 0 Å². The lowest BCUT2D eigenvalue weighted by Gasteiger charge is -2.15. The molecule has 0 heterocycles. The predicted octanol–water partition coefficient (Wildman–Crippen LogP) is 2.08. The molecule has 0 aromatic heterocycles. The Hall–Kier alpha value is -1.58. The second-order valence-electron chi connectivity index (χ2n) is 3.43. The Kier molecular flexibility index (Phi) is 12.4. The van der Waals surface area contributed by atoms with E-state index < -0.39 is 0 Å². The third-order valence-corrected chi connectivity index (χ3v) is 2.50. The number of nitrogens with zero attached hydrogens (tertiary/aromatic N) is 2. The lowest BCUT2D eigenvalue weighted by Crippen LogP contribution is -2.28. The number of amides is 2. The smallest absolute Gasteiger partial charge is 0.245 e. The van der Waals surface area contributed by atoms with Crippen molar-refractivity contribution in [3.63, 3.8) is 0 Å². The SMILES string of the molecule is C=CC(=O)N(CC)CC.C=CC(=O)N(CC)CC. The summed E-state index contributed by atoms with van der Waals surface area (Å²) < 4.78 is 0. The Morgan fingerprint density at radius 2 is 1.00 bits per heavy atom. The summed E-state index contributed by atoms with van der Waals surface area (Å²) in [4.78, 5) is 25.0. The molecule has 0 rings (SSSR count). The van der Waals surface area contributed by atoms with Gasteiger partial charge in [0.25, 0.3) is 0 Å². The van der Waals surface area contributed by atoms with Gasteiger partial charge in [0.1, 0.15) is 0 Å². The highest BCUT2D eigenvalue weighted by Crippen LogP contribution is 1.88. The van der Waals surface area contributed by atoms with Gasteiger partial charge in [-0.2, -0.15) is 0 Å². The maximum Gasteiger partial charge on any atom is 0.245 e. The highest BCUT2D eigenvalue weighted by atomic mass is 16.2. The van der Waals surface area contributed by atoms with Gasteiger partial charge in [-0.25, -0.2) is 0 Å². The highest BCUT2D eigenvalue weighted by molar-refractivity contribution is 5.87. The van der Waals surface area contributed by atoms with E-state index in [1.807, 2.05) is 27.7 Å². The summed E-state index contributed by atoms with van der Waals surface area (Å²) in [5.41, 5.74) is 0. The summed E-state index contributed by atoms with van der Waals surface area (Å²) in [6.45, 7) is 17.6. The molecule has 0 bridgehead atoms. The average molecular weight is 254 g/mol. The van der Waals surface area contributed by atoms with E-state index in [9.17, 15) is 9.59 Å². The van der Waals surface area contributed by atoms with Gasteiger partial charge in [0, 0.05) is 26.2 Å². The van der Waals surface area contributed by atoms with Crippen LogP contribution in [0.15, 0.2) is 25.3 Å². The molecule has 4 nitrogen and oxygen atoms in total. The lowest BCUT2D eigenvalue weighted by atomic mass is 10.4. The van der Waals surface area contributed by atoms with Crippen LogP contribution in [0.4, 0.5) is 0 Å². The van der Waals surface area contributed by atoms with Gasteiger partial charge in [0.05, 0.1) is 0 Å². The second kappa shape index (κ2) is 11.9. The lowest BCUT2D eigenvalue weighted by molar-refractivity contribution is -0.126. The molecule has 0 radical (unpaired) electrons. The van der Waals surface area contributed by atoms with E-state index in [-0.39, 0.29) is 11.8 Å². The van der Waals surface area contributed by atoms with Crippen molar-refractivity contribution in [2.24, 2.45) is 0 Å². The van der Waals surface area contributed by atoms with Crippen LogP contribution in [0.2, 0.25) is 0 Å². The molecule has 0 fully saturated rings. The van der Waals surface area contributed by atoms with Crippen molar-refractivity contribution in [3.8, 4) is 0 Å². The van der Waals surface area contributed by atoms with E-state index in [2.05, 4.69) is 13.2 Å². The van der Waals surface area contributed by atoms with Crippen LogP contribution in [0.5, 0.6) is 0 Å². The van der Waals surface area contributed by atoms with Crippen LogP contribution in [0.3, 0.4) is 0 Å². The average Bonchev–Trinajstić information content (AvgIpc) is 2.41. The van der Waals surface area contributed by atoms with E-state index in [0.717, 1.165) is 26.2 Å². The zero-order valence-electron chi connectivity index (χ0n) is 12.1. The topological polar surface area (TPSA) is 40.6 Å². The number of likely N-dealkylation sites (N-methyl/N-ethyl adjacent to an activating group) is 2. The van der Waals surface area contributed by atoms with Gasteiger partial charge in [-0.1, -0.05) is 13.2 Å². The van der Waals surface area contributed by atoms with E-state index in [4.69, 9.17) is 0 Å². The summed E-state index contributed by atoms with van der Waals surface area (Å²) in [7, 11) is 0. The zero-order chi connectivity index (χ0) is 14.6. The van der Waals surface area contributed by atoms with Gasteiger partial charge < -0.3 is 9.80 Å². The fraction of sp³-hybridized carbons (Fsp3) is 0.571. The van der Waals surface area contributed by atoms with Gasteiger partial charge in [-0.3, -0.25) is 9.59 Å². The normalized spacial score (nSPS) is 8.67. The van der Waals surface area contributed by atoms with Crippen LogP contribution < -0.4 is 0 Å². The van der Waals surface area contributed by atoms with E-state index in [1.54, 1.807) is 9.80 Å². The standard InChI is InChI=1S/2C7H13NO/c2*1-4-7(9)8(5-2)6-3/h2*4H,1,5-6H2,2-3H3. The van der Waals surface area contributed by atoms with Crippen LogP contribution in [-0.4, -0.2) is 47.8 Å². The molecule has 0 aliphatic carbocycles. The largest absolute Gasteiger partial charge is 0.340 e. The molecule has 2 amide bonds. The van der Waals surface area contributed by atoms with Gasteiger partial charge in [0.2, 0.25) is 11.8 Å². The molecular formula is C14H26N2O2. The zero-order valence-corrected chi connectivity index (χ0v) is 12.1. The molecule has 0 saturated carbocycles. The van der Waals surface area contributed by atoms with Crippen molar-refractivity contribution >= 4 is 11.8 Å². The van der Waals surface area contributed by atoms with E-state index in [0.29, 0.717) is 0 Å². The molecule has 0 N–H and O–H groups in total. The van der Waals surface area contributed by atoms with Crippen LogP contribution in [-0.2, 0) is 9.59 Å². The van der Waals surface area contributed by atoms with Gasteiger partial charge in [-0.05, 0) is 39.8 Å². The molecular weight excluding hydrogens is 228 g/mol. The summed E-state index contributed by atoms with van der Waals surface area (Å²) in [6, 6.07) is 0. The maximum absolute atomic E-state index is 10.8. The first kappa shape index (κ1) is 18.8. The summed E-state index contributed by atoms with van der Waals surface area (Å²) in [5.74, 6) is 0.0278. The van der Waals surface area contributed by atoms with Crippen molar-refractivity contribution in [1.82, 2.24) is 9.80 Å². The Bertz CT molecular complexity index is 239. The van der Waals surface area contributed by atoms with Gasteiger partial charge in [-0.15, -0.1) is 0 Å². The molecule has 0 aromatic rings. The Labute approximate surface area is 111 Å². The molecule has 0 aliphatic heterocycles. The van der Waals surface area contributed by atoms with Crippen molar-refractivity contribution in [2.45, 2.75) is 27.7 Å². The summed E-state index contributed by atoms with van der Waals surface area (Å²) in [6.07, 6.45) is 2.68. The van der Waals surface area contributed by atoms with Crippen LogP contribution in [0.25, 0.3) is 0 Å². The summed E-state index contributed by atoms with van der Waals surface area (Å²) >= 11 is 0. The number of rotatable bonds is 6. The van der Waals surface area contributed by atoms with Gasteiger partial charge in [0.15, 0.2) is 0 Å². The fourth-order valence-corrected chi connectivity index (χ4v) is 1.33. The third-order valence-electron chi connectivity index (χ3n) is 2.50. The highest BCUT2D eigenvalue weighted by Gasteiger charge is 2.02. The molecule has 0 spiro atoms. The van der Waals surface area contributed by atoms with Crippen LogP contribution in [0.1, 0.15) is 27.7 Å². The van der Waals surface area contributed by atoms with Crippen molar-refractivity contribution in [2.75, 3.05) is 26.2 Å². The van der Waals surface area contributed by atoms with Gasteiger partial charge >= 0.3 is 0 Å². The van der Waals surface area contributed by atoms with Crippen molar-refractivity contribution in [3.05, 3.63) is 25.3 Å². The number of hydrogen-bond donors (Lipinski definition) is 0. The van der Waals surface area contributed by atoms with Crippen molar-refractivity contribution < 1.29 is 9.59 Å². The molecule has 18 heavy (non-hydrogen) atoms. The first-order valence-corrected chi connectivity index (χ1v) is 6.34. The first-order valence-electron chi connectivity index (χ1n) is 6.34. The molecule has 0 aromatic carbocycles. The fourth-order valence-electron chi connectivity index (χ4n) is 1.33. The number of carbonyl (C=O) groups is 2. The Morgan fingerprint density at radius 3 is 1.06 bits per heavy atom. The van der Waals surface area contributed by atoms with E-state index in [1.165, 1.54) is 12.2 Å². The molecule has 0 unspecified atom stereocenters. The first-order chi connectivity index (χ1) is 8.51. The molecule has 0 saturated heterocycles. The predicted molar refractivity (Wildman–Crippen MR) is 76.3 cm³/mol. The number of hydrogen-bond acceptors (Lipinski definition) is 2. The molecule has 104 valence electrons. The Morgan fingerprint density at radius 1 is 0.778 bits per heavy atom. The molecule has 0 aliphatic rings. The Balaban J connectivity index is 0. The minimum Gasteiger partial charge on any atom is -0.340 e. The van der Waals surface area contributed by atoms with Crippen LogP contribution >= 0.6 is 0 Å². The van der Waals surface area contributed by atoms with E-state index >= 15 is 0 Å². The molecule has 4 heteroatoms. The number of carbonyl (C=O) groups excluding carboxylic acids is 2.